The van der Waals surface area contributed by atoms with E-state index in [0.717, 1.165) is 5.38 Å². The van der Waals surface area contributed by atoms with Gasteiger partial charge in [0.25, 0.3) is 0 Å². The van der Waals surface area contributed by atoms with E-state index in [1.54, 1.807) is 24.3 Å². The quantitative estimate of drug-likeness (QED) is 0.565. The van der Waals surface area contributed by atoms with Crippen LogP contribution < -0.4 is 5.32 Å². The molecule has 0 bridgehead atoms. The Labute approximate surface area is 153 Å². The van der Waals surface area contributed by atoms with E-state index < -0.39 is 28.9 Å². The number of aromatic nitrogens is 1. The van der Waals surface area contributed by atoms with Gasteiger partial charge in [-0.15, -0.1) is 11.3 Å². The Morgan fingerprint density at radius 2 is 1.96 bits per heavy atom. The number of oxime groups is 1. The molecule has 2 N–H and O–H groups in total. The van der Waals surface area contributed by atoms with Crippen LogP contribution in [0.1, 0.15) is 11.3 Å². The third kappa shape index (κ3) is 5.43. The summed E-state index contributed by atoms with van der Waals surface area (Å²) in [6, 6.07) is 6.51. The Kier molecular flexibility index (Phi) is 6.16. The van der Waals surface area contributed by atoms with Crippen LogP contribution in [0.4, 0.5) is 18.3 Å². The summed E-state index contributed by atoms with van der Waals surface area (Å²) in [6.45, 7) is -0.0598. The maximum absolute atomic E-state index is 12.2. The van der Waals surface area contributed by atoms with Crippen LogP contribution in [0.5, 0.6) is 0 Å². The number of carboxylic acids is 1. The third-order valence-corrected chi connectivity index (χ3v) is 3.74. The normalized spacial score (nSPS) is 11.9. The van der Waals surface area contributed by atoms with Gasteiger partial charge in [0.05, 0.1) is 0 Å². The highest BCUT2D eigenvalue weighted by atomic mass is 35.5. The highest BCUT2D eigenvalue weighted by molar-refractivity contribution is 7.14. The van der Waals surface area contributed by atoms with E-state index in [0.29, 0.717) is 21.9 Å². The summed E-state index contributed by atoms with van der Waals surface area (Å²) in [7, 11) is 0. The fourth-order valence-electron chi connectivity index (χ4n) is 1.56. The molecule has 0 spiro atoms. The molecule has 7 nitrogen and oxygen atoms in total. The number of rotatable bonds is 6. The Bertz CT molecular complexity index is 837. The van der Waals surface area contributed by atoms with Gasteiger partial charge < -0.3 is 9.94 Å². The van der Waals surface area contributed by atoms with E-state index in [1.807, 2.05) is 0 Å². The van der Waals surface area contributed by atoms with Gasteiger partial charge in [-0.25, -0.2) is 9.78 Å². The molecule has 0 aliphatic rings. The number of amides is 1. The first kappa shape index (κ1) is 19.7. The largest absolute Gasteiger partial charge is 0.476 e. The molecule has 0 saturated heterocycles. The lowest BCUT2D eigenvalue weighted by atomic mass is 10.2. The fourth-order valence-corrected chi connectivity index (χ4v) is 2.37. The molecular weight excluding hydrogens is 399 g/mol. The maximum Gasteiger partial charge on any atom is 0.471 e. The number of halogens is 4. The van der Waals surface area contributed by atoms with Crippen LogP contribution >= 0.6 is 22.9 Å². The number of carboxylic acid groups (broad SMARTS) is 1. The van der Waals surface area contributed by atoms with Crippen LogP contribution in [0.25, 0.3) is 0 Å². The van der Waals surface area contributed by atoms with Crippen LogP contribution in [0.15, 0.2) is 34.8 Å². The van der Waals surface area contributed by atoms with Crippen molar-refractivity contribution in [3.05, 3.63) is 45.9 Å². The van der Waals surface area contributed by atoms with Gasteiger partial charge in [-0.2, -0.15) is 13.2 Å². The van der Waals surface area contributed by atoms with Crippen molar-refractivity contribution >= 4 is 45.7 Å². The number of nitrogens with one attached hydrogen (secondary N) is 1. The minimum Gasteiger partial charge on any atom is -0.476 e. The van der Waals surface area contributed by atoms with E-state index in [-0.39, 0.29) is 12.3 Å². The average Bonchev–Trinajstić information content (AvgIpc) is 3.00. The first-order valence-corrected chi connectivity index (χ1v) is 7.94. The van der Waals surface area contributed by atoms with Crippen molar-refractivity contribution < 1.29 is 32.7 Å². The summed E-state index contributed by atoms with van der Waals surface area (Å²) in [5.74, 6) is -3.72. The van der Waals surface area contributed by atoms with Crippen molar-refractivity contribution in [2.45, 2.75) is 12.8 Å². The molecule has 0 saturated carbocycles. The topological polar surface area (TPSA) is 101 Å². The van der Waals surface area contributed by atoms with Crippen molar-refractivity contribution in [1.29, 1.82) is 0 Å². The number of nitrogens with zero attached hydrogens (tertiary/aromatic N) is 2. The zero-order chi connectivity index (χ0) is 19.3. The van der Waals surface area contributed by atoms with Gasteiger partial charge in [0.1, 0.15) is 12.3 Å². The average molecular weight is 408 g/mol. The van der Waals surface area contributed by atoms with E-state index in [4.69, 9.17) is 21.5 Å². The molecule has 1 heterocycles. The molecule has 1 amide bonds. The molecule has 1 aromatic carbocycles. The second-order valence-corrected chi connectivity index (χ2v) is 5.93. The summed E-state index contributed by atoms with van der Waals surface area (Å²) < 4.78 is 36.6. The molecule has 0 aliphatic carbocycles. The van der Waals surface area contributed by atoms with Crippen LogP contribution in [-0.4, -0.2) is 33.9 Å². The molecule has 2 rings (SSSR count). The summed E-state index contributed by atoms with van der Waals surface area (Å²) in [6.07, 6.45) is -5.09. The Hall–Kier alpha value is -2.66. The van der Waals surface area contributed by atoms with Gasteiger partial charge in [-0.1, -0.05) is 28.9 Å². The standard InChI is InChI=1S/C14H9ClF3N3O4S/c15-8-3-1-7(2-4-8)5-25-21-10(11(22)23)9-6-26-13(19-9)20-12(24)14(16,17)18/h1-4,6H,5H2,(H,22,23)(H,19,20,24)/b21-10+. The number of alkyl halides is 3. The maximum atomic E-state index is 12.2. The smallest absolute Gasteiger partial charge is 0.471 e. The number of benzene rings is 1. The first-order valence-electron chi connectivity index (χ1n) is 6.68. The Morgan fingerprint density at radius 1 is 1.31 bits per heavy atom. The SMILES string of the molecule is O=C(O)/C(=N/OCc1ccc(Cl)cc1)c1csc(NC(=O)C(F)(F)F)n1. The van der Waals surface area contributed by atoms with Gasteiger partial charge in [0.15, 0.2) is 5.13 Å². The number of carbonyl (C=O) groups is 2. The monoisotopic (exact) mass is 407 g/mol. The highest BCUT2D eigenvalue weighted by Gasteiger charge is 2.39. The van der Waals surface area contributed by atoms with Gasteiger partial charge >= 0.3 is 18.1 Å². The molecule has 0 radical (unpaired) electrons. The zero-order valence-electron chi connectivity index (χ0n) is 12.6. The lowest BCUT2D eigenvalue weighted by Crippen LogP contribution is -2.29. The van der Waals surface area contributed by atoms with Crippen LogP contribution in [0.3, 0.4) is 0 Å². The first-order chi connectivity index (χ1) is 12.2. The van der Waals surface area contributed by atoms with Crippen molar-refractivity contribution in [3.63, 3.8) is 0 Å². The van der Waals surface area contributed by atoms with Crippen molar-refractivity contribution in [3.8, 4) is 0 Å². The second kappa shape index (κ2) is 8.15. The van der Waals surface area contributed by atoms with Crippen molar-refractivity contribution in [2.75, 3.05) is 5.32 Å². The molecular formula is C14H9ClF3N3O4S. The fraction of sp³-hybridized carbons (Fsp3) is 0.143. The number of carbonyl (C=O) groups excluding carboxylic acids is 1. The molecule has 0 unspecified atom stereocenters. The zero-order valence-corrected chi connectivity index (χ0v) is 14.2. The van der Waals surface area contributed by atoms with E-state index in [9.17, 15) is 22.8 Å². The minimum absolute atomic E-state index is 0.0598. The highest BCUT2D eigenvalue weighted by Crippen LogP contribution is 2.21. The summed E-state index contributed by atoms with van der Waals surface area (Å²) in [4.78, 5) is 30.6. The summed E-state index contributed by atoms with van der Waals surface area (Å²) in [5.41, 5.74) is -0.210. The van der Waals surface area contributed by atoms with E-state index in [2.05, 4.69) is 10.1 Å². The lowest BCUT2D eigenvalue weighted by Gasteiger charge is -2.04. The molecule has 0 atom stereocenters. The predicted molar refractivity (Wildman–Crippen MR) is 87.2 cm³/mol. The molecule has 26 heavy (non-hydrogen) atoms. The molecule has 138 valence electrons. The molecule has 0 aliphatic heterocycles. The predicted octanol–water partition coefficient (Wildman–Crippen LogP) is 3.30. The van der Waals surface area contributed by atoms with Crippen molar-refractivity contribution in [1.82, 2.24) is 4.98 Å². The van der Waals surface area contributed by atoms with Gasteiger partial charge in [0, 0.05) is 10.4 Å². The molecule has 0 fully saturated rings. The number of aliphatic carboxylic acids is 1. The van der Waals surface area contributed by atoms with E-state index >= 15 is 0 Å². The summed E-state index contributed by atoms with van der Waals surface area (Å²) >= 11 is 6.34. The molecule has 2 aromatic rings. The summed E-state index contributed by atoms with van der Waals surface area (Å²) in [5, 5.41) is 15.3. The second-order valence-electron chi connectivity index (χ2n) is 4.63. The number of thiazole rings is 1. The van der Waals surface area contributed by atoms with Gasteiger partial charge in [-0.05, 0) is 17.7 Å². The molecule has 1 aromatic heterocycles. The van der Waals surface area contributed by atoms with Crippen LogP contribution in [0.2, 0.25) is 5.02 Å². The van der Waals surface area contributed by atoms with Crippen LogP contribution in [0, 0.1) is 0 Å². The number of anilines is 1. The number of hydrogen-bond acceptors (Lipinski definition) is 6. The van der Waals surface area contributed by atoms with E-state index in [1.165, 1.54) is 5.32 Å². The van der Waals surface area contributed by atoms with Gasteiger partial charge in [0.2, 0.25) is 5.71 Å². The Morgan fingerprint density at radius 3 is 2.54 bits per heavy atom. The molecule has 12 heteroatoms. The third-order valence-electron chi connectivity index (χ3n) is 2.73. The van der Waals surface area contributed by atoms with Crippen molar-refractivity contribution in [2.24, 2.45) is 5.16 Å². The number of hydrogen-bond donors (Lipinski definition) is 2. The lowest BCUT2D eigenvalue weighted by molar-refractivity contribution is -0.167. The van der Waals surface area contributed by atoms with Gasteiger partial charge in [-0.3, -0.25) is 10.1 Å². The minimum atomic E-state index is -5.09. The van der Waals surface area contributed by atoms with Crippen LogP contribution in [-0.2, 0) is 21.0 Å². The Balaban J connectivity index is 2.08.